The lowest BCUT2D eigenvalue weighted by Gasteiger charge is -2.30. The van der Waals surface area contributed by atoms with E-state index in [1.54, 1.807) is 0 Å². The van der Waals surface area contributed by atoms with E-state index in [0.717, 1.165) is 57.8 Å². The average Bonchev–Trinajstić information content (AvgIpc) is 3.35. The lowest BCUT2D eigenvalue weighted by atomic mass is 10.1. The Morgan fingerprint density at radius 1 is 0.261 bits per heavy atom. The van der Waals surface area contributed by atoms with Gasteiger partial charge in [-0.1, -0.05) is 211 Å². The molecule has 1 rings (SSSR count). The fraction of sp³-hybridized carbons (Fsp3) is 0.857. The highest BCUT2D eigenvalue weighted by Crippen LogP contribution is 2.17. The Hall–Kier alpha value is -2.37. The molecule has 0 aromatic heterocycles. The second-order valence-corrected chi connectivity index (χ2v) is 21.2. The number of hydrogen-bond donors (Lipinski definition) is 0. The van der Waals surface area contributed by atoms with E-state index in [4.69, 9.17) is 0 Å². The fourth-order valence-corrected chi connectivity index (χ4v) is 9.96. The van der Waals surface area contributed by atoms with Crippen LogP contribution in [0.25, 0.3) is 0 Å². The molecular weight excluding hydrogens is 847 g/mol. The van der Waals surface area contributed by atoms with Crippen molar-refractivity contribution in [3.63, 3.8) is 0 Å². The van der Waals surface area contributed by atoms with Gasteiger partial charge < -0.3 is 14.7 Å². The molecule has 0 atom stereocenters. The second kappa shape index (κ2) is 52.0. The van der Waals surface area contributed by atoms with Gasteiger partial charge in [0.1, 0.15) is 0 Å². The highest BCUT2D eigenvalue weighted by molar-refractivity contribution is 5.77. The molecule has 0 N–H and O–H groups in total. The fourth-order valence-electron chi connectivity index (χ4n) is 9.96. The summed E-state index contributed by atoms with van der Waals surface area (Å²) in [5.74, 6) is 0.756. The van der Waals surface area contributed by atoms with E-state index < -0.39 is 0 Å². The molecule has 6 heteroatoms. The molecule has 1 aliphatic rings. The number of carbonyl (C=O) groups is 3. The van der Waals surface area contributed by atoms with Gasteiger partial charge in [-0.25, -0.2) is 0 Å². The van der Waals surface area contributed by atoms with Crippen molar-refractivity contribution >= 4 is 17.7 Å². The van der Waals surface area contributed by atoms with Gasteiger partial charge in [-0.2, -0.15) is 0 Å². The van der Waals surface area contributed by atoms with Crippen LogP contribution in [-0.4, -0.2) is 71.7 Å². The monoisotopic (exact) mass is 964 g/mol. The summed E-state index contributed by atoms with van der Waals surface area (Å²) < 4.78 is 0. The molecule has 0 saturated carbocycles. The molecule has 0 spiro atoms. The van der Waals surface area contributed by atoms with Crippen molar-refractivity contribution in [1.82, 2.24) is 14.7 Å². The zero-order chi connectivity index (χ0) is 49.8. The number of hydrogen-bond acceptors (Lipinski definition) is 3. The zero-order valence-electron chi connectivity index (χ0n) is 46.6. The van der Waals surface area contributed by atoms with Gasteiger partial charge in [0.15, 0.2) is 0 Å². The van der Waals surface area contributed by atoms with Crippen molar-refractivity contribution in [2.45, 2.75) is 310 Å². The summed E-state index contributed by atoms with van der Waals surface area (Å²) in [6.45, 7) is 11.0. The van der Waals surface area contributed by atoms with E-state index in [0.29, 0.717) is 58.5 Å². The molecule has 1 saturated heterocycles. The highest BCUT2D eigenvalue weighted by Gasteiger charge is 2.20. The molecule has 0 aliphatic carbocycles. The average molecular weight is 965 g/mol. The number of amides is 3. The molecule has 69 heavy (non-hydrogen) atoms. The molecule has 1 heterocycles. The van der Waals surface area contributed by atoms with Crippen LogP contribution in [0.3, 0.4) is 0 Å². The van der Waals surface area contributed by atoms with Crippen molar-refractivity contribution in [1.29, 1.82) is 0 Å². The van der Waals surface area contributed by atoms with Crippen LogP contribution in [0.2, 0.25) is 0 Å². The van der Waals surface area contributed by atoms with E-state index in [9.17, 15) is 14.4 Å². The summed E-state index contributed by atoms with van der Waals surface area (Å²) in [6.07, 6.45) is 67.5. The minimum atomic E-state index is 0.252. The van der Waals surface area contributed by atoms with Crippen molar-refractivity contribution in [3.8, 4) is 0 Å². The maximum Gasteiger partial charge on any atom is 0.222 e. The first-order valence-electron chi connectivity index (χ1n) is 30.8. The SMILES string of the molecule is CCCCCCCC/C=C/CCCCCCCC(=O)N1CCCN(C(=O)CCCCCCC/C=C/CCCCCCCC)CCCN(C(=O)CCCCCCC/C=C/CCCCCCCC)CCC1. The largest absolute Gasteiger partial charge is 0.343 e. The Kier molecular flexibility index (Phi) is 48.7. The third-order valence-corrected chi connectivity index (χ3v) is 14.6. The molecule has 6 nitrogen and oxygen atoms in total. The van der Waals surface area contributed by atoms with Gasteiger partial charge in [0.25, 0.3) is 0 Å². The predicted molar refractivity (Wildman–Crippen MR) is 302 cm³/mol. The van der Waals surface area contributed by atoms with Gasteiger partial charge in [0, 0.05) is 58.5 Å². The Labute approximate surface area is 430 Å². The third kappa shape index (κ3) is 43.0. The standard InChI is InChI=1S/C63H117N3O3/c1-4-7-10-13-16-19-22-25-28-31-34-37-40-43-46-52-61(67)64-55-49-57-65(62(68)53-47-44-41-38-35-32-29-26-23-20-17-14-11-8-5-2)59-51-60-66(58-50-56-64)63(69)54-48-45-42-39-36-33-30-27-24-21-18-15-12-9-6-3/h25-30H,4-24,31-60H2,1-3H3/b28-25+,29-26+,30-27+. The summed E-state index contributed by atoms with van der Waals surface area (Å²) in [7, 11) is 0. The molecule has 0 bridgehead atoms. The van der Waals surface area contributed by atoms with Crippen molar-refractivity contribution < 1.29 is 14.4 Å². The molecular formula is C63H117N3O3. The van der Waals surface area contributed by atoms with Crippen molar-refractivity contribution in [3.05, 3.63) is 36.5 Å². The molecule has 1 fully saturated rings. The van der Waals surface area contributed by atoms with Crippen molar-refractivity contribution in [2.75, 3.05) is 39.3 Å². The Morgan fingerprint density at radius 3 is 0.638 bits per heavy atom. The molecule has 402 valence electrons. The molecule has 0 unspecified atom stereocenters. The van der Waals surface area contributed by atoms with Crippen LogP contribution in [0.4, 0.5) is 0 Å². The second-order valence-electron chi connectivity index (χ2n) is 21.2. The van der Waals surface area contributed by atoms with Gasteiger partial charge in [-0.3, -0.25) is 14.4 Å². The summed E-state index contributed by atoms with van der Waals surface area (Å²) in [5.41, 5.74) is 0. The number of allylic oxidation sites excluding steroid dienone is 6. The number of carbonyl (C=O) groups excluding carboxylic acids is 3. The third-order valence-electron chi connectivity index (χ3n) is 14.6. The summed E-state index contributed by atoms with van der Waals surface area (Å²) >= 11 is 0. The van der Waals surface area contributed by atoms with E-state index in [1.807, 2.05) is 0 Å². The minimum Gasteiger partial charge on any atom is -0.343 e. The van der Waals surface area contributed by atoms with Crippen LogP contribution >= 0.6 is 0 Å². The predicted octanol–water partition coefficient (Wildman–Crippen LogP) is 18.8. The highest BCUT2D eigenvalue weighted by atomic mass is 16.2. The van der Waals surface area contributed by atoms with Crippen LogP contribution in [0.1, 0.15) is 310 Å². The van der Waals surface area contributed by atoms with E-state index >= 15 is 0 Å². The Morgan fingerprint density at radius 2 is 0.435 bits per heavy atom. The van der Waals surface area contributed by atoms with E-state index in [2.05, 4.69) is 71.9 Å². The first-order valence-corrected chi connectivity index (χ1v) is 30.8. The maximum absolute atomic E-state index is 13.7. The topological polar surface area (TPSA) is 60.9 Å². The zero-order valence-corrected chi connectivity index (χ0v) is 46.6. The number of rotatable bonds is 45. The quantitative estimate of drug-likeness (QED) is 0.0451. The van der Waals surface area contributed by atoms with Crippen LogP contribution in [0.15, 0.2) is 36.5 Å². The molecule has 0 radical (unpaired) electrons. The normalized spacial score (nSPS) is 14.4. The smallest absolute Gasteiger partial charge is 0.222 e. The van der Waals surface area contributed by atoms with Crippen LogP contribution in [0.5, 0.6) is 0 Å². The molecule has 0 aromatic carbocycles. The number of nitrogens with zero attached hydrogens (tertiary/aromatic N) is 3. The molecule has 3 amide bonds. The van der Waals surface area contributed by atoms with Gasteiger partial charge in [0.2, 0.25) is 17.7 Å². The summed E-state index contributed by atoms with van der Waals surface area (Å²) in [4.78, 5) is 47.2. The minimum absolute atomic E-state index is 0.252. The number of unbranched alkanes of at least 4 members (excludes halogenated alkanes) is 33. The summed E-state index contributed by atoms with van der Waals surface area (Å²) in [6, 6.07) is 0. The lowest BCUT2D eigenvalue weighted by Crippen LogP contribution is -2.41. The van der Waals surface area contributed by atoms with E-state index in [-0.39, 0.29) is 17.7 Å². The van der Waals surface area contributed by atoms with E-state index in [1.165, 1.54) is 212 Å². The van der Waals surface area contributed by atoms with Crippen LogP contribution in [0, 0.1) is 0 Å². The lowest BCUT2D eigenvalue weighted by molar-refractivity contribution is -0.133. The van der Waals surface area contributed by atoms with Gasteiger partial charge >= 0.3 is 0 Å². The first-order chi connectivity index (χ1) is 34.0. The van der Waals surface area contributed by atoms with Gasteiger partial charge in [-0.15, -0.1) is 0 Å². The van der Waals surface area contributed by atoms with Crippen LogP contribution < -0.4 is 0 Å². The van der Waals surface area contributed by atoms with Crippen LogP contribution in [-0.2, 0) is 14.4 Å². The Balaban J connectivity index is 2.55. The van der Waals surface area contributed by atoms with Crippen molar-refractivity contribution in [2.24, 2.45) is 0 Å². The van der Waals surface area contributed by atoms with Gasteiger partial charge in [0.05, 0.1) is 0 Å². The molecule has 0 aromatic rings. The summed E-state index contributed by atoms with van der Waals surface area (Å²) in [5, 5.41) is 0. The van der Waals surface area contributed by atoms with Gasteiger partial charge in [-0.05, 0) is 116 Å². The molecule has 1 aliphatic heterocycles. The first kappa shape index (κ1) is 64.6. The maximum atomic E-state index is 13.7. The Bertz CT molecular complexity index is 1070.